The van der Waals surface area contributed by atoms with Crippen molar-refractivity contribution in [2.45, 2.75) is 17.9 Å². The molecule has 0 saturated carbocycles. The summed E-state index contributed by atoms with van der Waals surface area (Å²) >= 11 is 1.68. The predicted molar refractivity (Wildman–Crippen MR) is 52.3 cm³/mol. The number of ether oxygens (including phenoxy) is 1. The van der Waals surface area contributed by atoms with E-state index in [1.165, 1.54) is 0 Å². The highest BCUT2D eigenvalue weighted by molar-refractivity contribution is 7.99. The molecule has 1 aliphatic heterocycles. The van der Waals surface area contributed by atoms with Gasteiger partial charge in [0.05, 0.1) is 0 Å². The molecule has 1 aliphatic rings. The molecule has 0 N–H and O–H groups in total. The van der Waals surface area contributed by atoms with E-state index >= 15 is 0 Å². The number of carbonyl (C=O) groups excluding carboxylic acids is 1. The lowest BCUT2D eigenvalue weighted by Gasteiger charge is -2.23. The van der Waals surface area contributed by atoms with E-state index in [0.29, 0.717) is 0 Å². The fourth-order valence-corrected chi connectivity index (χ4v) is 2.29. The summed E-state index contributed by atoms with van der Waals surface area (Å²) in [6.45, 7) is 1.57. The van der Waals surface area contributed by atoms with E-state index in [1.807, 2.05) is 24.3 Å². The van der Waals surface area contributed by atoms with Gasteiger partial charge in [0.1, 0.15) is 5.75 Å². The molecule has 0 amide bonds. The summed E-state index contributed by atoms with van der Waals surface area (Å²) in [4.78, 5) is 12.2. The maximum Gasteiger partial charge on any atom is 0.171 e. The highest BCUT2D eigenvalue weighted by Crippen LogP contribution is 2.34. The van der Waals surface area contributed by atoms with Crippen LogP contribution in [0.1, 0.15) is 6.92 Å². The smallest absolute Gasteiger partial charge is 0.171 e. The number of rotatable bonds is 1. The summed E-state index contributed by atoms with van der Waals surface area (Å²) in [5.74, 6) is 1.66. The van der Waals surface area contributed by atoms with Crippen molar-refractivity contribution in [1.29, 1.82) is 0 Å². The van der Waals surface area contributed by atoms with Crippen molar-refractivity contribution >= 4 is 17.5 Å². The summed E-state index contributed by atoms with van der Waals surface area (Å²) in [5.41, 5.74) is 0. The number of Topliss-reactive ketones (excluding diaryl/α,β-unsaturated/α-hetero) is 1. The highest BCUT2D eigenvalue weighted by atomic mass is 32.2. The van der Waals surface area contributed by atoms with Gasteiger partial charge in [-0.05, 0) is 19.1 Å². The van der Waals surface area contributed by atoms with Crippen LogP contribution in [0.2, 0.25) is 0 Å². The Kier molecular flexibility index (Phi) is 2.27. The molecule has 0 bridgehead atoms. The fourth-order valence-electron chi connectivity index (χ4n) is 1.22. The molecule has 0 radical (unpaired) electrons. The first-order chi connectivity index (χ1) is 6.27. The van der Waals surface area contributed by atoms with Crippen molar-refractivity contribution in [1.82, 2.24) is 0 Å². The number of hydrogen-bond donors (Lipinski definition) is 0. The number of benzene rings is 1. The number of carbonyl (C=O) groups is 1. The lowest BCUT2D eigenvalue weighted by atomic mass is 10.2. The van der Waals surface area contributed by atoms with Crippen LogP contribution in [-0.4, -0.2) is 17.6 Å². The topological polar surface area (TPSA) is 26.3 Å². The van der Waals surface area contributed by atoms with Gasteiger partial charge in [-0.15, -0.1) is 11.8 Å². The lowest BCUT2D eigenvalue weighted by molar-refractivity contribution is -0.122. The molecule has 1 heterocycles. The van der Waals surface area contributed by atoms with Crippen LogP contribution in [0.5, 0.6) is 5.75 Å². The number of ketones is 1. The quantitative estimate of drug-likeness (QED) is 0.685. The molecule has 3 heteroatoms. The molecule has 1 atom stereocenters. The van der Waals surface area contributed by atoms with Crippen molar-refractivity contribution in [2.24, 2.45) is 0 Å². The summed E-state index contributed by atoms with van der Waals surface area (Å²) in [5, 5.41) is 0. The molecule has 0 aliphatic carbocycles. The van der Waals surface area contributed by atoms with Gasteiger partial charge in [0.15, 0.2) is 11.9 Å². The zero-order chi connectivity index (χ0) is 9.26. The lowest BCUT2D eigenvalue weighted by Crippen LogP contribution is -2.30. The van der Waals surface area contributed by atoms with Crippen molar-refractivity contribution in [3.05, 3.63) is 24.3 Å². The fraction of sp³-hybridized carbons (Fsp3) is 0.300. The SMILES string of the molecule is CC(=O)C1CSc2ccccc2O1. The van der Waals surface area contributed by atoms with Crippen molar-refractivity contribution in [3.63, 3.8) is 0 Å². The first-order valence-electron chi connectivity index (χ1n) is 4.16. The van der Waals surface area contributed by atoms with Gasteiger partial charge in [-0.3, -0.25) is 4.79 Å². The number of hydrogen-bond acceptors (Lipinski definition) is 3. The Labute approximate surface area is 81.3 Å². The third-order valence-electron chi connectivity index (χ3n) is 1.96. The van der Waals surface area contributed by atoms with E-state index in [4.69, 9.17) is 4.74 Å². The number of para-hydroxylation sites is 1. The minimum Gasteiger partial charge on any atom is -0.481 e. The molecular weight excluding hydrogens is 184 g/mol. The highest BCUT2D eigenvalue weighted by Gasteiger charge is 2.22. The molecule has 0 aromatic heterocycles. The van der Waals surface area contributed by atoms with Gasteiger partial charge in [-0.2, -0.15) is 0 Å². The van der Waals surface area contributed by atoms with Gasteiger partial charge in [0.25, 0.3) is 0 Å². The predicted octanol–water partition coefficient (Wildman–Crippen LogP) is 2.13. The van der Waals surface area contributed by atoms with Crippen LogP contribution in [0.3, 0.4) is 0 Å². The second-order valence-corrected chi connectivity index (χ2v) is 4.04. The van der Waals surface area contributed by atoms with Gasteiger partial charge in [0, 0.05) is 10.6 Å². The average molecular weight is 194 g/mol. The monoisotopic (exact) mass is 194 g/mol. The molecular formula is C10H10O2S. The molecule has 2 nitrogen and oxygen atoms in total. The van der Waals surface area contributed by atoms with Gasteiger partial charge >= 0.3 is 0 Å². The van der Waals surface area contributed by atoms with Crippen LogP contribution in [0.4, 0.5) is 0 Å². The standard InChI is InChI=1S/C10H10O2S/c1-7(11)9-6-13-10-5-3-2-4-8(10)12-9/h2-5,9H,6H2,1H3. The maximum absolute atomic E-state index is 11.1. The van der Waals surface area contributed by atoms with Crippen LogP contribution in [0.15, 0.2) is 29.2 Å². The third kappa shape index (κ3) is 1.70. The molecule has 0 spiro atoms. The van der Waals surface area contributed by atoms with Gasteiger partial charge in [0.2, 0.25) is 0 Å². The minimum absolute atomic E-state index is 0.0991. The Balaban J connectivity index is 2.24. The van der Waals surface area contributed by atoms with Crippen molar-refractivity contribution in [3.8, 4) is 5.75 Å². The maximum atomic E-state index is 11.1. The first kappa shape index (κ1) is 8.63. The van der Waals surface area contributed by atoms with Crippen molar-refractivity contribution in [2.75, 3.05) is 5.75 Å². The van der Waals surface area contributed by atoms with Crippen LogP contribution in [0, 0.1) is 0 Å². The van der Waals surface area contributed by atoms with E-state index in [0.717, 1.165) is 16.4 Å². The van der Waals surface area contributed by atoms with E-state index in [9.17, 15) is 4.79 Å². The van der Waals surface area contributed by atoms with Gasteiger partial charge in [-0.1, -0.05) is 12.1 Å². The number of fused-ring (bicyclic) bond motifs is 1. The normalized spacial score (nSPS) is 20.2. The third-order valence-corrected chi connectivity index (χ3v) is 3.08. The zero-order valence-electron chi connectivity index (χ0n) is 7.32. The zero-order valence-corrected chi connectivity index (χ0v) is 8.14. The van der Waals surface area contributed by atoms with Gasteiger partial charge in [-0.25, -0.2) is 0 Å². The van der Waals surface area contributed by atoms with Crippen LogP contribution >= 0.6 is 11.8 Å². The molecule has 0 fully saturated rings. The van der Waals surface area contributed by atoms with Crippen LogP contribution in [0.25, 0.3) is 0 Å². The minimum atomic E-state index is -0.264. The largest absolute Gasteiger partial charge is 0.481 e. The molecule has 1 unspecified atom stereocenters. The Morgan fingerprint density at radius 2 is 2.31 bits per heavy atom. The molecule has 1 aromatic rings. The number of thioether (sulfide) groups is 1. The summed E-state index contributed by atoms with van der Waals surface area (Å²) < 4.78 is 5.52. The van der Waals surface area contributed by atoms with E-state index in [2.05, 4.69) is 0 Å². The Hall–Kier alpha value is -0.960. The van der Waals surface area contributed by atoms with Crippen molar-refractivity contribution < 1.29 is 9.53 Å². The van der Waals surface area contributed by atoms with Gasteiger partial charge < -0.3 is 4.74 Å². The van der Waals surface area contributed by atoms with E-state index in [1.54, 1.807) is 18.7 Å². The molecule has 68 valence electrons. The first-order valence-corrected chi connectivity index (χ1v) is 5.15. The Morgan fingerprint density at radius 1 is 1.54 bits per heavy atom. The summed E-state index contributed by atoms with van der Waals surface area (Å²) in [6, 6.07) is 7.80. The Bertz CT molecular complexity index is 335. The van der Waals surface area contributed by atoms with Crippen LogP contribution in [-0.2, 0) is 4.79 Å². The van der Waals surface area contributed by atoms with Crippen LogP contribution < -0.4 is 4.74 Å². The Morgan fingerprint density at radius 3 is 3.08 bits per heavy atom. The van der Waals surface area contributed by atoms with E-state index in [-0.39, 0.29) is 11.9 Å². The molecule has 1 aromatic carbocycles. The summed E-state index contributed by atoms with van der Waals surface area (Å²) in [6.07, 6.45) is -0.264. The molecule has 13 heavy (non-hydrogen) atoms. The second kappa shape index (κ2) is 3.42. The van der Waals surface area contributed by atoms with E-state index < -0.39 is 0 Å². The second-order valence-electron chi connectivity index (χ2n) is 2.97. The molecule has 0 saturated heterocycles. The summed E-state index contributed by atoms with van der Waals surface area (Å²) in [7, 11) is 0. The average Bonchev–Trinajstić information content (AvgIpc) is 2.17. The molecule has 2 rings (SSSR count).